The van der Waals surface area contributed by atoms with Gasteiger partial charge in [-0.2, -0.15) is 4.31 Å². The highest BCUT2D eigenvalue weighted by atomic mass is 32.2. The van der Waals surface area contributed by atoms with E-state index in [2.05, 4.69) is 0 Å². The van der Waals surface area contributed by atoms with E-state index >= 15 is 0 Å². The van der Waals surface area contributed by atoms with E-state index in [0.29, 0.717) is 4.90 Å². The Morgan fingerprint density at radius 3 is 2.69 bits per heavy atom. The molecule has 1 unspecified atom stereocenters. The molecule has 6 heteroatoms. The number of nitrogens with two attached hydrogens (primary N) is 1. The van der Waals surface area contributed by atoms with Crippen LogP contribution in [0.4, 0.5) is 0 Å². The molecule has 0 spiro atoms. The second-order valence-electron chi connectivity index (χ2n) is 3.69. The summed E-state index contributed by atoms with van der Waals surface area (Å²) in [6.07, 6.45) is 0.790. The van der Waals surface area contributed by atoms with Crippen LogP contribution >= 0.6 is 11.3 Å². The van der Waals surface area contributed by atoms with E-state index < -0.39 is 10.0 Å². The van der Waals surface area contributed by atoms with Crippen molar-refractivity contribution >= 4 is 21.4 Å². The highest BCUT2D eigenvalue weighted by Crippen LogP contribution is 2.25. The first-order chi connectivity index (χ1) is 7.45. The molecule has 0 saturated heterocycles. The van der Waals surface area contributed by atoms with Crippen molar-refractivity contribution in [1.82, 2.24) is 4.31 Å². The van der Waals surface area contributed by atoms with E-state index in [0.717, 1.165) is 11.3 Å². The monoisotopic (exact) mass is 262 g/mol. The molecule has 1 heterocycles. The predicted molar refractivity (Wildman–Crippen MR) is 66.9 cm³/mol. The van der Waals surface area contributed by atoms with Crippen LogP contribution in [0.5, 0.6) is 0 Å². The zero-order valence-corrected chi connectivity index (χ0v) is 11.4. The van der Waals surface area contributed by atoms with Crippen LogP contribution in [0.1, 0.15) is 25.1 Å². The Labute approximate surface area is 101 Å². The number of sulfonamides is 1. The normalized spacial score (nSPS) is 14.3. The van der Waals surface area contributed by atoms with Crippen LogP contribution in [-0.4, -0.2) is 25.8 Å². The average molecular weight is 262 g/mol. The van der Waals surface area contributed by atoms with Gasteiger partial charge in [0.15, 0.2) is 0 Å². The van der Waals surface area contributed by atoms with E-state index in [1.165, 1.54) is 15.6 Å². The van der Waals surface area contributed by atoms with E-state index in [4.69, 9.17) is 5.73 Å². The standard InChI is InChI=1S/C10H18N2O2S2/c1-4-8(2)12(3)16(13,14)10-5-6-15-9(10)7-11/h5-6,8H,4,7,11H2,1-3H3. The van der Waals surface area contributed by atoms with Crippen LogP contribution < -0.4 is 5.73 Å². The summed E-state index contributed by atoms with van der Waals surface area (Å²) < 4.78 is 25.9. The first-order valence-electron chi connectivity index (χ1n) is 5.19. The fourth-order valence-corrected chi connectivity index (χ4v) is 4.10. The third-order valence-corrected chi connectivity index (χ3v) is 5.89. The van der Waals surface area contributed by atoms with Gasteiger partial charge in [0, 0.05) is 24.5 Å². The minimum Gasteiger partial charge on any atom is -0.326 e. The Morgan fingerprint density at radius 2 is 2.19 bits per heavy atom. The first kappa shape index (κ1) is 13.6. The SMILES string of the molecule is CCC(C)N(C)S(=O)(=O)c1ccsc1CN. The van der Waals surface area contributed by atoms with E-state index in [9.17, 15) is 8.42 Å². The summed E-state index contributed by atoms with van der Waals surface area (Å²) >= 11 is 1.38. The molecule has 0 aliphatic heterocycles. The second kappa shape index (κ2) is 5.27. The summed E-state index contributed by atoms with van der Waals surface area (Å²) in [7, 11) is -1.77. The summed E-state index contributed by atoms with van der Waals surface area (Å²) in [4.78, 5) is 1.07. The lowest BCUT2D eigenvalue weighted by Crippen LogP contribution is -2.34. The van der Waals surface area contributed by atoms with Gasteiger partial charge in [0.1, 0.15) is 0 Å². The molecule has 16 heavy (non-hydrogen) atoms. The molecular weight excluding hydrogens is 244 g/mol. The first-order valence-corrected chi connectivity index (χ1v) is 7.51. The zero-order valence-electron chi connectivity index (χ0n) is 9.80. The van der Waals surface area contributed by atoms with E-state index in [-0.39, 0.29) is 12.6 Å². The van der Waals surface area contributed by atoms with Gasteiger partial charge in [-0.25, -0.2) is 8.42 Å². The van der Waals surface area contributed by atoms with Crippen molar-refractivity contribution < 1.29 is 8.42 Å². The summed E-state index contributed by atoms with van der Waals surface area (Å²) in [6.45, 7) is 4.13. The second-order valence-corrected chi connectivity index (χ2v) is 6.66. The number of hydrogen-bond acceptors (Lipinski definition) is 4. The summed E-state index contributed by atoms with van der Waals surface area (Å²) in [5.74, 6) is 0. The lowest BCUT2D eigenvalue weighted by atomic mass is 10.3. The number of nitrogens with zero attached hydrogens (tertiary/aromatic N) is 1. The molecule has 1 aromatic heterocycles. The minimum absolute atomic E-state index is 0.00414. The Bertz CT molecular complexity index is 439. The van der Waals surface area contributed by atoms with Crippen LogP contribution in [0.3, 0.4) is 0 Å². The maximum atomic E-state index is 12.3. The lowest BCUT2D eigenvalue weighted by molar-refractivity contribution is 0.380. The van der Waals surface area contributed by atoms with Gasteiger partial charge >= 0.3 is 0 Å². The molecule has 1 atom stereocenters. The van der Waals surface area contributed by atoms with Crippen molar-refractivity contribution in [1.29, 1.82) is 0 Å². The highest BCUT2D eigenvalue weighted by Gasteiger charge is 2.27. The molecule has 0 aliphatic carbocycles. The molecule has 1 rings (SSSR count). The molecule has 0 amide bonds. The largest absolute Gasteiger partial charge is 0.326 e. The summed E-state index contributed by atoms with van der Waals surface area (Å²) in [5, 5.41) is 1.76. The van der Waals surface area contributed by atoms with Crippen LogP contribution in [0, 0.1) is 0 Å². The maximum Gasteiger partial charge on any atom is 0.244 e. The quantitative estimate of drug-likeness (QED) is 0.877. The molecule has 0 aliphatic rings. The molecule has 4 nitrogen and oxygen atoms in total. The third-order valence-electron chi connectivity index (χ3n) is 2.76. The Balaban J connectivity index is 3.12. The summed E-state index contributed by atoms with van der Waals surface area (Å²) in [6, 6.07) is 1.62. The van der Waals surface area contributed by atoms with Crippen LogP contribution in [0.2, 0.25) is 0 Å². The van der Waals surface area contributed by atoms with Gasteiger partial charge in [0.05, 0.1) is 4.90 Å². The molecule has 0 saturated carbocycles. The van der Waals surface area contributed by atoms with Crippen LogP contribution in [0.25, 0.3) is 0 Å². The fourth-order valence-electron chi connectivity index (χ4n) is 1.36. The highest BCUT2D eigenvalue weighted by molar-refractivity contribution is 7.89. The van der Waals surface area contributed by atoms with Crippen molar-refractivity contribution in [3.05, 3.63) is 16.3 Å². The smallest absolute Gasteiger partial charge is 0.244 e. The molecule has 92 valence electrons. The van der Waals surface area contributed by atoms with Crippen molar-refractivity contribution in [3.63, 3.8) is 0 Å². The minimum atomic E-state index is -3.39. The molecule has 1 aromatic rings. The van der Waals surface area contributed by atoms with Gasteiger partial charge in [0.2, 0.25) is 10.0 Å². The lowest BCUT2D eigenvalue weighted by Gasteiger charge is -2.23. The molecule has 2 N–H and O–H groups in total. The molecule has 0 bridgehead atoms. The topological polar surface area (TPSA) is 63.4 Å². The van der Waals surface area contributed by atoms with Gasteiger partial charge in [0.25, 0.3) is 0 Å². The Kier molecular flexibility index (Phi) is 4.49. The van der Waals surface area contributed by atoms with Crippen molar-refractivity contribution in [3.8, 4) is 0 Å². The van der Waals surface area contributed by atoms with Crippen molar-refractivity contribution in [2.75, 3.05) is 7.05 Å². The number of rotatable bonds is 5. The van der Waals surface area contributed by atoms with Crippen molar-refractivity contribution in [2.24, 2.45) is 5.73 Å². The van der Waals surface area contributed by atoms with Gasteiger partial charge in [-0.3, -0.25) is 0 Å². The zero-order chi connectivity index (χ0) is 12.3. The molecule has 0 aromatic carbocycles. The molecule has 0 radical (unpaired) electrons. The van der Waals surface area contributed by atoms with Gasteiger partial charge in [-0.05, 0) is 24.8 Å². The van der Waals surface area contributed by atoms with E-state index in [1.54, 1.807) is 18.5 Å². The molecule has 0 fully saturated rings. The van der Waals surface area contributed by atoms with Crippen LogP contribution in [0.15, 0.2) is 16.3 Å². The van der Waals surface area contributed by atoms with Crippen molar-refractivity contribution in [2.45, 2.75) is 37.8 Å². The van der Waals surface area contributed by atoms with E-state index in [1.807, 2.05) is 13.8 Å². The van der Waals surface area contributed by atoms with Gasteiger partial charge < -0.3 is 5.73 Å². The number of hydrogen-bond donors (Lipinski definition) is 1. The number of thiophene rings is 1. The fraction of sp³-hybridized carbons (Fsp3) is 0.600. The summed E-state index contributed by atoms with van der Waals surface area (Å²) in [5.41, 5.74) is 5.53. The van der Waals surface area contributed by atoms with Gasteiger partial charge in [-0.15, -0.1) is 11.3 Å². The Morgan fingerprint density at radius 1 is 1.56 bits per heavy atom. The third kappa shape index (κ3) is 2.45. The maximum absolute atomic E-state index is 12.3. The van der Waals surface area contributed by atoms with Crippen LogP contribution in [-0.2, 0) is 16.6 Å². The predicted octanol–water partition coefficient (Wildman–Crippen LogP) is 1.63. The Hall–Kier alpha value is -0.430. The average Bonchev–Trinajstić information content (AvgIpc) is 2.75. The molecular formula is C10H18N2O2S2. The van der Waals surface area contributed by atoms with Gasteiger partial charge in [-0.1, -0.05) is 6.92 Å².